The molecule has 0 radical (unpaired) electrons. The molecule has 0 unspecified atom stereocenters. The van der Waals surface area contributed by atoms with E-state index >= 15 is 0 Å². The summed E-state index contributed by atoms with van der Waals surface area (Å²) in [5.74, 6) is -0.861. The van der Waals surface area contributed by atoms with Crippen molar-refractivity contribution in [3.63, 3.8) is 0 Å². The van der Waals surface area contributed by atoms with Gasteiger partial charge in [-0.1, -0.05) is 0 Å². The molecule has 2 aliphatic heterocycles. The van der Waals surface area contributed by atoms with E-state index in [2.05, 4.69) is 14.9 Å². The van der Waals surface area contributed by atoms with E-state index in [0.29, 0.717) is 12.6 Å². The fourth-order valence-electron chi connectivity index (χ4n) is 2.66. The molecule has 0 spiro atoms. The molecule has 1 fully saturated rings. The highest BCUT2D eigenvalue weighted by atomic mass is 16.4. The molecule has 15 heavy (non-hydrogen) atoms. The van der Waals surface area contributed by atoms with Crippen molar-refractivity contribution in [1.82, 2.24) is 14.9 Å². The molecule has 0 aliphatic carbocycles. The van der Waals surface area contributed by atoms with Gasteiger partial charge in [0.25, 0.3) is 0 Å². The third-order valence-corrected chi connectivity index (χ3v) is 3.47. The Labute approximate surface area is 87.1 Å². The molecule has 1 saturated heterocycles. The molecule has 3 heterocycles. The number of nitrogens with zero attached hydrogens (tertiary/aromatic N) is 2. The van der Waals surface area contributed by atoms with E-state index in [1.54, 1.807) is 6.33 Å². The van der Waals surface area contributed by atoms with Gasteiger partial charge in [0.15, 0.2) is 0 Å². The second-order valence-corrected chi connectivity index (χ2v) is 4.39. The Morgan fingerprint density at radius 3 is 3.33 bits per heavy atom. The number of imidazole rings is 1. The van der Waals surface area contributed by atoms with E-state index in [0.717, 1.165) is 30.8 Å². The summed E-state index contributed by atoms with van der Waals surface area (Å²) < 4.78 is 0. The van der Waals surface area contributed by atoms with E-state index in [1.165, 1.54) is 0 Å². The van der Waals surface area contributed by atoms with Gasteiger partial charge in [-0.05, 0) is 6.42 Å². The molecule has 2 aliphatic rings. The van der Waals surface area contributed by atoms with Crippen molar-refractivity contribution in [3.8, 4) is 0 Å². The highest BCUT2D eigenvalue weighted by molar-refractivity contribution is 5.70. The molecule has 2 atom stereocenters. The number of aliphatic carboxylic acids is 1. The van der Waals surface area contributed by atoms with Crippen LogP contribution in [0.1, 0.15) is 17.8 Å². The van der Waals surface area contributed by atoms with Gasteiger partial charge < -0.3 is 10.1 Å². The molecule has 5 heteroatoms. The quantitative estimate of drug-likeness (QED) is 0.692. The molecule has 1 aromatic heterocycles. The Balaban J connectivity index is 1.81. The van der Waals surface area contributed by atoms with E-state index in [-0.39, 0.29) is 5.92 Å². The number of rotatable bonds is 1. The number of H-pyrrole nitrogens is 1. The van der Waals surface area contributed by atoms with Gasteiger partial charge in [0.2, 0.25) is 0 Å². The molecule has 0 bridgehead atoms. The SMILES string of the molecule is O=C(O)[C@H]1C[C@@H]2Cc3nc[nH]c3CN2C1. The van der Waals surface area contributed by atoms with Crippen LogP contribution in [0.2, 0.25) is 0 Å². The minimum absolute atomic E-state index is 0.195. The first-order chi connectivity index (χ1) is 7.24. The summed E-state index contributed by atoms with van der Waals surface area (Å²) in [6.45, 7) is 1.50. The van der Waals surface area contributed by atoms with Crippen molar-refractivity contribution in [2.24, 2.45) is 5.92 Å². The van der Waals surface area contributed by atoms with Gasteiger partial charge >= 0.3 is 5.97 Å². The summed E-state index contributed by atoms with van der Waals surface area (Å²) >= 11 is 0. The molecular formula is C10H13N3O2. The van der Waals surface area contributed by atoms with Crippen LogP contribution in [-0.4, -0.2) is 38.5 Å². The molecule has 5 nitrogen and oxygen atoms in total. The number of carbonyl (C=O) groups is 1. The lowest BCUT2D eigenvalue weighted by Crippen LogP contribution is -2.35. The van der Waals surface area contributed by atoms with Gasteiger partial charge in [0.05, 0.1) is 23.6 Å². The summed E-state index contributed by atoms with van der Waals surface area (Å²) in [4.78, 5) is 20.5. The largest absolute Gasteiger partial charge is 0.481 e. The van der Waals surface area contributed by atoms with Crippen LogP contribution < -0.4 is 0 Å². The summed E-state index contributed by atoms with van der Waals surface area (Å²) in [6, 6.07) is 0.377. The molecule has 3 rings (SSSR count). The maximum absolute atomic E-state index is 10.9. The maximum atomic E-state index is 10.9. The van der Waals surface area contributed by atoms with Crippen molar-refractivity contribution >= 4 is 5.97 Å². The van der Waals surface area contributed by atoms with E-state index < -0.39 is 5.97 Å². The molecule has 80 valence electrons. The lowest BCUT2D eigenvalue weighted by molar-refractivity contribution is -0.141. The van der Waals surface area contributed by atoms with Gasteiger partial charge in [-0.25, -0.2) is 4.98 Å². The van der Waals surface area contributed by atoms with Gasteiger partial charge in [-0.15, -0.1) is 0 Å². The number of carboxylic acid groups (broad SMARTS) is 1. The van der Waals surface area contributed by atoms with Crippen LogP contribution >= 0.6 is 0 Å². The number of hydrogen-bond donors (Lipinski definition) is 2. The Kier molecular flexibility index (Phi) is 1.82. The smallest absolute Gasteiger partial charge is 0.307 e. The van der Waals surface area contributed by atoms with Crippen molar-refractivity contribution < 1.29 is 9.90 Å². The van der Waals surface area contributed by atoms with Crippen molar-refractivity contribution in [1.29, 1.82) is 0 Å². The maximum Gasteiger partial charge on any atom is 0.307 e. The van der Waals surface area contributed by atoms with Gasteiger partial charge in [-0.2, -0.15) is 0 Å². The number of nitrogens with one attached hydrogen (secondary N) is 1. The van der Waals surface area contributed by atoms with Crippen molar-refractivity contribution in [2.45, 2.75) is 25.4 Å². The fourth-order valence-corrected chi connectivity index (χ4v) is 2.66. The molecule has 0 amide bonds. The first-order valence-corrected chi connectivity index (χ1v) is 5.22. The molecule has 2 N–H and O–H groups in total. The number of carboxylic acids is 1. The molecule has 0 aromatic carbocycles. The zero-order valence-electron chi connectivity index (χ0n) is 8.31. The third kappa shape index (κ3) is 1.34. The zero-order valence-corrected chi connectivity index (χ0v) is 8.31. The zero-order chi connectivity index (χ0) is 10.4. The monoisotopic (exact) mass is 207 g/mol. The second kappa shape index (κ2) is 3.06. The Hall–Kier alpha value is -1.36. The van der Waals surface area contributed by atoms with Crippen LogP contribution in [-0.2, 0) is 17.8 Å². The van der Waals surface area contributed by atoms with E-state index in [4.69, 9.17) is 5.11 Å². The van der Waals surface area contributed by atoms with Gasteiger partial charge in [-0.3, -0.25) is 9.69 Å². The van der Waals surface area contributed by atoms with Crippen LogP contribution in [0, 0.1) is 5.92 Å². The Bertz CT molecular complexity index is 373. The van der Waals surface area contributed by atoms with E-state index in [9.17, 15) is 4.79 Å². The lowest BCUT2D eigenvalue weighted by Gasteiger charge is -2.28. The molecule has 0 saturated carbocycles. The third-order valence-electron chi connectivity index (χ3n) is 3.47. The van der Waals surface area contributed by atoms with Crippen molar-refractivity contribution in [2.75, 3.05) is 6.54 Å². The molecular weight excluding hydrogens is 194 g/mol. The van der Waals surface area contributed by atoms with Crippen LogP contribution in [0.25, 0.3) is 0 Å². The summed E-state index contributed by atoms with van der Waals surface area (Å²) in [7, 11) is 0. The van der Waals surface area contributed by atoms with Gasteiger partial charge in [0.1, 0.15) is 0 Å². The first-order valence-electron chi connectivity index (χ1n) is 5.22. The van der Waals surface area contributed by atoms with Crippen LogP contribution in [0.5, 0.6) is 0 Å². The predicted molar refractivity (Wildman–Crippen MR) is 52.2 cm³/mol. The number of fused-ring (bicyclic) bond motifs is 2. The van der Waals surface area contributed by atoms with Crippen LogP contribution in [0.15, 0.2) is 6.33 Å². The van der Waals surface area contributed by atoms with Gasteiger partial charge in [0, 0.05) is 25.6 Å². The highest BCUT2D eigenvalue weighted by Crippen LogP contribution is 2.31. The van der Waals surface area contributed by atoms with Crippen LogP contribution in [0.4, 0.5) is 0 Å². The number of aromatic nitrogens is 2. The minimum atomic E-state index is -0.666. The average Bonchev–Trinajstić information content (AvgIpc) is 2.77. The summed E-state index contributed by atoms with van der Waals surface area (Å²) in [5, 5.41) is 8.98. The molecule has 1 aromatic rings. The lowest BCUT2D eigenvalue weighted by atomic mass is 10.0. The fraction of sp³-hybridized carbons (Fsp3) is 0.600. The topological polar surface area (TPSA) is 69.2 Å². The number of aromatic amines is 1. The summed E-state index contributed by atoms with van der Waals surface area (Å²) in [5.41, 5.74) is 2.26. The average molecular weight is 207 g/mol. The predicted octanol–water partition coefficient (Wildman–Crippen LogP) is 0.241. The number of hydrogen-bond acceptors (Lipinski definition) is 3. The normalized spacial score (nSPS) is 29.9. The Morgan fingerprint density at radius 2 is 2.53 bits per heavy atom. The first kappa shape index (κ1) is 8.91. The Morgan fingerprint density at radius 1 is 1.67 bits per heavy atom. The highest BCUT2D eigenvalue weighted by Gasteiger charge is 2.39. The second-order valence-electron chi connectivity index (χ2n) is 4.39. The van der Waals surface area contributed by atoms with E-state index in [1.807, 2.05) is 0 Å². The van der Waals surface area contributed by atoms with Crippen molar-refractivity contribution in [3.05, 3.63) is 17.7 Å². The minimum Gasteiger partial charge on any atom is -0.481 e. The van der Waals surface area contributed by atoms with Crippen LogP contribution in [0.3, 0.4) is 0 Å². The standard InChI is InChI=1S/C10H13N3O2/c14-10(15)6-1-7-2-8-9(12-5-11-8)4-13(7)3-6/h5-7H,1-4H2,(H,11,12)(H,14,15)/t6-,7+/m0/s1. The summed E-state index contributed by atoms with van der Waals surface area (Å²) in [6.07, 6.45) is 3.38.